The van der Waals surface area contributed by atoms with Gasteiger partial charge in [-0.15, -0.1) is 0 Å². The van der Waals surface area contributed by atoms with Gasteiger partial charge in [0.2, 0.25) is 0 Å². The monoisotopic (exact) mass is 311 g/mol. The molecule has 122 valence electrons. The van der Waals surface area contributed by atoms with E-state index in [-0.39, 0.29) is 5.91 Å². The van der Waals surface area contributed by atoms with E-state index in [0.29, 0.717) is 5.69 Å². The normalized spacial score (nSPS) is 10.4. The van der Waals surface area contributed by atoms with Gasteiger partial charge in [0.1, 0.15) is 5.69 Å². The fourth-order valence-corrected chi connectivity index (χ4v) is 2.23. The molecule has 0 saturated carbocycles. The lowest BCUT2D eigenvalue weighted by Gasteiger charge is -2.16. The molecule has 0 atom stereocenters. The summed E-state index contributed by atoms with van der Waals surface area (Å²) in [5.41, 5.74) is 3.88. The summed E-state index contributed by atoms with van der Waals surface area (Å²) in [6.45, 7) is 5.70. The van der Waals surface area contributed by atoms with Gasteiger partial charge in [-0.25, -0.2) is 4.98 Å². The Hall–Kier alpha value is -2.36. The first-order chi connectivity index (χ1) is 11.1. The molecule has 0 unspecified atom stereocenters. The van der Waals surface area contributed by atoms with Gasteiger partial charge >= 0.3 is 0 Å². The van der Waals surface area contributed by atoms with Crippen LogP contribution in [0.1, 0.15) is 41.4 Å². The molecule has 0 aliphatic heterocycles. The fraction of sp³-hybridized carbons (Fsp3) is 0.368. The average molecular weight is 311 g/mol. The van der Waals surface area contributed by atoms with Crippen molar-refractivity contribution in [3.63, 3.8) is 0 Å². The molecule has 1 aromatic heterocycles. The summed E-state index contributed by atoms with van der Waals surface area (Å²) in [6.07, 6.45) is 3.81. The number of rotatable bonds is 7. The fourth-order valence-electron chi connectivity index (χ4n) is 2.23. The number of aromatic nitrogens is 1. The number of anilines is 1. The van der Waals surface area contributed by atoms with Gasteiger partial charge in [-0.1, -0.05) is 43.2 Å². The highest BCUT2D eigenvalue weighted by Crippen LogP contribution is 2.11. The van der Waals surface area contributed by atoms with Crippen molar-refractivity contribution >= 4 is 11.6 Å². The van der Waals surface area contributed by atoms with Crippen LogP contribution in [0.15, 0.2) is 42.6 Å². The van der Waals surface area contributed by atoms with Gasteiger partial charge in [0, 0.05) is 20.1 Å². The lowest BCUT2D eigenvalue weighted by atomic mass is 10.1. The molecule has 1 heterocycles. The molecule has 0 fully saturated rings. The van der Waals surface area contributed by atoms with Gasteiger partial charge in [0.25, 0.3) is 5.91 Å². The zero-order chi connectivity index (χ0) is 16.7. The summed E-state index contributed by atoms with van der Waals surface area (Å²) in [5.74, 6) is -0.0245. The van der Waals surface area contributed by atoms with E-state index in [0.717, 1.165) is 31.6 Å². The molecule has 1 amide bonds. The summed E-state index contributed by atoms with van der Waals surface area (Å²) < 4.78 is 0. The van der Waals surface area contributed by atoms with Crippen LogP contribution in [-0.2, 0) is 6.54 Å². The maximum atomic E-state index is 12.2. The standard InChI is InChI=1S/C19H25N3O/c1-4-5-12-22(3)19(23)18-11-10-17(14-21-18)20-13-16-8-6-15(2)7-9-16/h6-11,14,20H,4-5,12-13H2,1-3H3. The Labute approximate surface area is 138 Å². The molecule has 4 heteroatoms. The zero-order valence-corrected chi connectivity index (χ0v) is 14.2. The third-order valence-electron chi connectivity index (χ3n) is 3.79. The number of carbonyl (C=O) groups is 1. The minimum absolute atomic E-state index is 0.0245. The molecule has 1 aromatic carbocycles. The molecule has 2 aromatic rings. The highest BCUT2D eigenvalue weighted by Gasteiger charge is 2.12. The molecule has 0 aliphatic carbocycles. The van der Waals surface area contributed by atoms with Crippen molar-refractivity contribution in [1.82, 2.24) is 9.88 Å². The zero-order valence-electron chi connectivity index (χ0n) is 14.2. The van der Waals surface area contributed by atoms with Crippen LogP contribution in [-0.4, -0.2) is 29.4 Å². The molecular formula is C19H25N3O. The minimum Gasteiger partial charge on any atom is -0.380 e. The first-order valence-corrected chi connectivity index (χ1v) is 8.11. The van der Waals surface area contributed by atoms with Crippen molar-refractivity contribution in [3.8, 4) is 0 Å². The van der Waals surface area contributed by atoms with E-state index >= 15 is 0 Å². The predicted octanol–water partition coefficient (Wildman–Crippen LogP) is 3.87. The van der Waals surface area contributed by atoms with E-state index in [4.69, 9.17) is 0 Å². The number of benzene rings is 1. The SMILES string of the molecule is CCCCN(C)C(=O)c1ccc(NCc2ccc(C)cc2)cn1. The molecule has 0 bridgehead atoms. The quantitative estimate of drug-likeness (QED) is 0.844. The molecular weight excluding hydrogens is 286 g/mol. The van der Waals surface area contributed by atoms with Gasteiger partial charge in [0.05, 0.1) is 11.9 Å². The van der Waals surface area contributed by atoms with Gasteiger partial charge < -0.3 is 10.2 Å². The van der Waals surface area contributed by atoms with Crippen molar-refractivity contribution in [2.75, 3.05) is 18.9 Å². The van der Waals surface area contributed by atoms with Gasteiger partial charge in [-0.05, 0) is 31.0 Å². The Morgan fingerprint density at radius 3 is 2.52 bits per heavy atom. The highest BCUT2D eigenvalue weighted by molar-refractivity contribution is 5.92. The average Bonchev–Trinajstić information content (AvgIpc) is 2.59. The first-order valence-electron chi connectivity index (χ1n) is 8.11. The van der Waals surface area contributed by atoms with Crippen LogP contribution in [0.25, 0.3) is 0 Å². The molecule has 4 nitrogen and oxygen atoms in total. The van der Waals surface area contributed by atoms with Crippen LogP contribution in [0, 0.1) is 6.92 Å². The molecule has 2 rings (SSSR count). The van der Waals surface area contributed by atoms with E-state index in [1.54, 1.807) is 17.2 Å². The van der Waals surface area contributed by atoms with Gasteiger partial charge in [-0.3, -0.25) is 4.79 Å². The number of pyridine rings is 1. The second kappa shape index (κ2) is 8.32. The van der Waals surface area contributed by atoms with Crippen molar-refractivity contribution in [3.05, 3.63) is 59.4 Å². The number of amides is 1. The number of hydrogen-bond acceptors (Lipinski definition) is 3. The van der Waals surface area contributed by atoms with Gasteiger partial charge in [-0.2, -0.15) is 0 Å². The first kappa shape index (κ1) is 17.0. The number of nitrogens with one attached hydrogen (secondary N) is 1. The highest BCUT2D eigenvalue weighted by atomic mass is 16.2. The Kier molecular flexibility index (Phi) is 6.15. The Morgan fingerprint density at radius 2 is 1.91 bits per heavy atom. The van der Waals surface area contributed by atoms with Crippen LogP contribution < -0.4 is 5.32 Å². The Morgan fingerprint density at radius 1 is 1.17 bits per heavy atom. The van der Waals surface area contributed by atoms with E-state index < -0.39 is 0 Å². The maximum Gasteiger partial charge on any atom is 0.272 e. The molecule has 1 N–H and O–H groups in total. The summed E-state index contributed by atoms with van der Waals surface area (Å²) in [4.78, 5) is 18.2. The molecule has 0 aliphatic rings. The number of carbonyl (C=O) groups excluding carboxylic acids is 1. The van der Waals surface area contributed by atoms with E-state index in [2.05, 4.69) is 48.4 Å². The van der Waals surface area contributed by atoms with Crippen LogP contribution in [0.5, 0.6) is 0 Å². The summed E-state index contributed by atoms with van der Waals surface area (Å²) >= 11 is 0. The molecule has 23 heavy (non-hydrogen) atoms. The third kappa shape index (κ3) is 5.09. The number of hydrogen-bond donors (Lipinski definition) is 1. The Balaban J connectivity index is 1.91. The molecule has 0 saturated heterocycles. The second-order valence-electron chi connectivity index (χ2n) is 5.85. The third-order valence-corrected chi connectivity index (χ3v) is 3.79. The van der Waals surface area contributed by atoms with Crippen LogP contribution in [0.4, 0.5) is 5.69 Å². The van der Waals surface area contributed by atoms with Crippen LogP contribution in [0.3, 0.4) is 0 Å². The van der Waals surface area contributed by atoms with E-state index in [1.165, 1.54) is 11.1 Å². The van der Waals surface area contributed by atoms with Crippen LogP contribution in [0.2, 0.25) is 0 Å². The smallest absolute Gasteiger partial charge is 0.272 e. The number of nitrogens with zero attached hydrogens (tertiary/aromatic N) is 2. The topological polar surface area (TPSA) is 45.2 Å². The van der Waals surface area contributed by atoms with Crippen LogP contribution >= 0.6 is 0 Å². The number of unbranched alkanes of at least 4 members (excludes halogenated alkanes) is 1. The van der Waals surface area contributed by atoms with Crippen molar-refractivity contribution in [2.24, 2.45) is 0 Å². The van der Waals surface area contributed by atoms with Crippen molar-refractivity contribution < 1.29 is 4.79 Å². The Bertz CT molecular complexity index is 620. The van der Waals surface area contributed by atoms with Gasteiger partial charge in [0.15, 0.2) is 0 Å². The second-order valence-corrected chi connectivity index (χ2v) is 5.85. The largest absolute Gasteiger partial charge is 0.380 e. The van der Waals surface area contributed by atoms with E-state index in [1.807, 2.05) is 13.1 Å². The minimum atomic E-state index is -0.0245. The lowest BCUT2D eigenvalue weighted by molar-refractivity contribution is 0.0787. The summed E-state index contributed by atoms with van der Waals surface area (Å²) in [7, 11) is 1.82. The maximum absolute atomic E-state index is 12.2. The predicted molar refractivity (Wildman–Crippen MR) is 94.6 cm³/mol. The number of aryl methyl sites for hydroxylation is 1. The summed E-state index contributed by atoms with van der Waals surface area (Å²) in [6, 6.07) is 12.1. The van der Waals surface area contributed by atoms with Crippen molar-refractivity contribution in [1.29, 1.82) is 0 Å². The lowest BCUT2D eigenvalue weighted by Crippen LogP contribution is -2.28. The van der Waals surface area contributed by atoms with E-state index in [9.17, 15) is 4.79 Å². The van der Waals surface area contributed by atoms with Crippen molar-refractivity contribution in [2.45, 2.75) is 33.2 Å². The molecule has 0 spiro atoms. The summed E-state index contributed by atoms with van der Waals surface area (Å²) in [5, 5.41) is 3.32. The molecule has 0 radical (unpaired) electrons.